The van der Waals surface area contributed by atoms with Crippen molar-refractivity contribution in [2.75, 3.05) is 13.1 Å². The van der Waals surface area contributed by atoms with Crippen LogP contribution in [-0.2, 0) is 6.54 Å². The minimum absolute atomic E-state index is 0.560. The van der Waals surface area contributed by atoms with Crippen molar-refractivity contribution >= 4 is 33.0 Å². The highest BCUT2D eigenvalue weighted by molar-refractivity contribution is 7.19. The van der Waals surface area contributed by atoms with Gasteiger partial charge in [0.15, 0.2) is 0 Å². The molecule has 19 heavy (non-hydrogen) atoms. The van der Waals surface area contributed by atoms with Crippen LogP contribution < -0.4 is 5.32 Å². The maximum atomic E-state index is 6.54. The standard InChI is InChI=1S/C15H19ClN2S/c1-10-7-17-8-11(2)18(10)9-14-15(16)12-5-3-4-6-13(12)19-14/h3-6,10-11,17H,7-9H2,1-2H3. The zero-order valence-electron chi connectivity index (χ0n) is 11.3. The largest absolute Gasteiger partial charge is 0.314 e. The Balaban J connectivity index is 1.90. The molecule has 102 valence electrons. The lowest BCUT2D eigenvalue weighted by atomic mass is 10.1. The molecule has 1 aromatic heterocycles. The van der Waals surface area contributed by atoms with Gasteiger partial charge in [0.2, 0.25) is 0 Å². The van der Waals surface area contributed by atoms with Gasteiger partial charge in [-0.3, -0.25) is 4.90 Å². The minimum atomic E-state index is 0.560. The topological polar surface area (TPSA) is 15.3 Å². The van der Waals surface area contributed by atoms with Crippen LogP contribution in [0.3, 0.4) is 0 Å². The second kappa shape index (κ2) is 5.41. The number of fused-ring (bicyclic) bond motifs is 1. The molecule has 1 aliphatic rings. The van der Waals surface area contributed by atoms with Gasteiger partial charge in [0.25, 0.3) is 0 Å². The second-order valence-electron chi connectivity index (χ2n) is 5.36. The average Bonchev–Trinajstić information content (AvgIpc) is 2.72. The Hall–Kier alpha value is -0.610. The van der Waals surface area contributed by atoms with Gasteiger partial charge in [-0.25, -0.2) is 0 Å². The maximum Gasteiger partial charge on any atom is 0.0637 e. The first kappa shape index (κ1) is 13.4. The van der Waals surface area contributed by atoms with Crippen molar-refractivity contribution < 1.29 is 0 Å². The molecule has 2 heterocycles. The smallest absolute Gasteiger partial charge is 0.0637 e. The van der Waals surface area contributed by atoms with E-state index in [-0.39, 0.29) is 0 Å². The fourth-order valence-electron chi connectivity index (χ4n) is 2.81. The fraction of sp³-hybridized carbons (Fsp3) is 0.467. The second-order valence-corrected chi connectivity index (χ2v) is 6.88. The Morgan fingerprint density at radius 1 is 1.26 bits per heavy atom. The van der Waals surface area contributed by atoms with E-state index < -0.39 is 0 Å². The van der Waals surface area contributed by atoms with Crippen LogP contribution in [0.4, 0.5) is 0 Å². The van der Waals surface area contributed by atoms with Gasteiger partial charge in [-0.2, -0.15) is 0 Å². The summed E-state index contributed by atoms with van der Waals surface area (Å²) >= 11 is 8.37. The molecule has 2 atom stereocenters. The summed E-state index contributed by atoms with van der Waals surface area (Å²) in [6, 6.07) is 9.52. The summed E-state index contributed by atoms with van der Waals surface area (Å²) < 4.78 is 1.29. The van der Waals surface area contributed by atoms with Crippen LogP contribution in [0, 0.1) is 0 Å². The lowest BCUT2D eigenvalue weighted by molar-refractivity contribution is 0.110. The number of hydrogen-bond acceptors (Lipinski definition) is 3. The SMILES string of the molecule is CC1CNCC(C)N1Cc1sc2ccccc2c1Cl. The number of nitrogens with zero attached hydrogens (tertiary/aromatic N) is 1. The Kier molecular flexibility index (Phi) is 3.81. The summed E-state index contributed by atoms with van der Waals surface area (Å²) in [4.78, 5) is 3.84. The van der Waals surface area contributed by atoms with Crippen molar-refractivity contribution in [1.29, 1.82) is 0 Å². The predicted molar refractivity (Wildman–Crippen MR) is 84.2 cm³/mol. The summed E-state index contributed by atoms with van der Waals surface area (Å²) in [5, 5.41) is 5.61. The van der Waals surface area contributed by atoms with Crippen LogP contribution in [-0.4, -0.2) is 30.1 Å². The Morgan fingerprint density at radius 2 is 1.95 bits per heavy atom. The van der Waals surface area contributed by atoms with E-state index in [4.69, 9.17) is 11.6 Å². The molecule has 0 spiro atoms. The third-order valence-electron chi connectivity index (χ3n) is 3.94. The lowest BCUT2D eigenvalue weighted by Gasteiger charge is -2.39. The van der Waals surface area contributed by atoms with Crippen molar-refractivity contribution in [3.05, 3.63) is 34.2 Å². The molecule has 0 aliphatic carbocycles. The number of benzene rings is 1. The molecule has 0 bridgehead atoms. The Labute approximate surface area is 123 Å². The van der Waals surface area contributed by atoms with Crippen LogP contribution in [0.2, 0.25) is 5.02 Å². The van der Waals surface area contributed by atoms with Crippen LogP contribution in [0.5, 0.6) is 0 Å². The van der Waals surface area contributed by atoms with E-state index in [0.29, 0.717) is 12.1 Å². The summed E-state index contributed by atoms with van der Waals surface area (Å²) in [5.41, 5.74) is 0. The molecule has 3 rings (SSSR count). The van der Waals surface area contributed by atoms with E-state index in [1.165, 1.54) is 15.0 Å². The molecule has 1 saturated heterocycles. The molecule has 1 aliphatic heterocycles. The quantitative estimate of drug-likeness (QED) is 0.908. The molecular weight excluding hydrogens is 276 g/mol. The monoisotopic (exact) mass is 294 g/mol. The van der Waals surface area contributed by atoms with Gasteiger partial charge in [0.05, 0.1) is 5.02 Å². The zero-order valence-corrected chi connectivity index (χ0v) is 12.9. The van der Waals surface area contributed by atoms with Crippen molar-refractivity contribution in [3.63, 3.8) is 0 Å². The van der Waals surface area contributed by atoms with Crippen molar-refractivity contribution in [2.24, 2.45) is 0 Å². The van der Waals surface area contributed by atoms with Gasteiger partial charge in [-0.1, -0.05) is 29.8 Å². The Bertz CT molecular complexity index is 571. The molecule has 2 aromatic rings. The summed E-state index contributed by atoms with van der Waals surface area (Å²) in [6.45, 7) is 7.65. The number of halogens is 1. The number of hydrogen-bond donors (Lipinski definition) is 1. The minimum Gasteiger partial charge on any atom is -0.314 e. The van der Waals surface area contributed by atoms with E-state index in [1.54, 1.807) is 0 Å². The van der Waals surface area contributed by atoms with E-state index in [1.807, 2.05) is 11.3 Å². The van der Waals surface area contributed by atoms with E-state index in [2.05, 4.69) is 48.3 Å². The molecule has 0 saturated carbocycles. The van der Waals surface area contributed by atoms with E-state index in [9.17, 15) is 0 Å². The van der Waals surface area contributed by atoms with E-state index in [0.717, 1.165) is 24.7 Å². The first-order chi connectivity index (χ1) is 9.16. The van der Waals surface area contributed by atoms with Crippen LogP contribution >= 0.6 is 22.9 Å². The first-order valence-electron chi connectivity index (χ1n) is 6.79. The van der Waals surface area contributed by atoms with Gasteiger partial charge < -0.3 is 5.32 Å². The number of rotatable bonds is 2. The molecule has 1 N–H and O–H groups in total. The fourth-order valence-corrected chi connectivity index (χ4v) is 4.32. The molecule has 0 radical (unpaired) electrons. The third-order valence-corrected chi connectivity index (χ3v) is 5.64. The van der Waals surface area contributed by atoms with Crippen LogP contribution in [0.15, 0.2) is 24.3 Å². The van der Waals surface area contributed by atoms with Gasteiger partial charge in [0.1, 0.15) is 0 Å². The number of thiophene rings is 1. The van der Waals surface area contributed by atoms with Gasteiger partial charge in [-0.15, -0.1) is 11.3 Å². The molecule has 4 heteroatoms. The summed E-state index contributed by atoms with van der Waals surface area (Å²) in [6.07, 6.45) is 0. The molecule has 2 unspecified atom stereocenters. The van der Waals surface area contributed by atoms with E-state index >= 15 is 0 Å². The third kappa shape index (κ3) is 2.52. The van der Waals surface area contributed by atoms with Gasteiger partial charge >= 0.3 is 0 Å². The molecule has 2 nitrogen and oxygen atoms in total. The van der Waals surface area contributed by atoms with Crippen molar-refractivity contribution in [2.45, 2.75) is 32.5 Å². The number of piperazine rings is 1. The predicted octanol–water partition coefficient (Wildman–Crippen LogP) is 3.74. The molecular formula is C15H19ClN2S. The van der Waals surface area contributed by atoms with Crippen LogP contribution in [0.1, 0.15) is 18.7 Å². The summed E-state index contributed by atoms with van der Waals surface area (Å²) in [5.74, 6) is 0. The lowest BCUT2D eigenvalue weighted by Crippen LogP contribution is -2.54. The Morgan fingerprint density at radius 3 is 2.63 bits per heavy atom. The highest BCUT2D eigenvalue weighted by Gasteiger charge is 2.25. The van der Waals surface area contributed by atoms with Crippen LogP contribution in [0.25, 0.3) is 10.1 Å². The number of nitrogens with one attached hydrogen (secondary N) is 1. The average molecular weight is 295 g/mol. The molecule has 1 fully saturated rings. The highest BCUT2D eigenvalue weighted by atomic mass is 35.5. The highest BCUT2D eigenvalue weighted by Crippen LogP contribution is 2.36. The summed E-state index contributed by atoms with van der Waals surface area (Å²) in [7, 11) is 0. The van der Waals surface area contributed by atoms with Crippen molar-refractivity contribution in [1.82, 2.24) is 10.2 Å². The normalized spacial score (nSPS) is 25.0. The van der Waals surface area contributed by atoms with Crippen molar-refractivity contribution in [3.8, 4) is 0 Å². The zero-order chi connectivity index (χ0) is 13.4. The molecule has 0 amide bonds. The molecule has 1 aromatic carbocycles. The van der Waals surface area contributed by atoms with Gasteiger partial charge in [0, 0.05) is 46.7 Å². The maximum absolute atomic E-state index is 6.54. The first-order valence-corrected chi connectivity index (χ1v) is 7.98. The van der Waals surface area contributed by atoms with Gasteiger partial charge in [-0.05, 0) is 19.9 Å².